The summed E-state index contributed by atoms with van der Waals surface area (Å²) in [5.74, 6) is 0.0136. The molecule has 2 fully saturated rings. The summed E-state index contributed by atoms with van der Waals surface area (Å²) in [5.41, 5.74) is 0. The number of hydrogen-bond donors (Lipinski definition) is 1. The molecule has 8 nitrogen and oxygen atoms in total. The Balaban J connectivity index is 1.55. The van der Waals surface area contributed by atoms with Crippen LogP contribution in [-0.2, 0) is 19.1 Å². The third-order valence-corrected chi connectivity index (χ3v) is 5.15. The Labute approximate surface area is 159 Å². The summed E-state index contributed by atoms with van der Waals surface area (Å²) in [7, 11) is 0. The molecule has 1 N–H and O–H groups in total. The summed E-state index contributed by atoms with van der Waals surface area (Å²) in [4.78, 5) is 38.2. The van der Waals surface area contributed by atoms with Gasteiger partial charge >= 0.3 is 0 Å². The van der Waals surface area contributed by atoms with E-state index < -0.39 is 0 Å². The van der Waals surface area contributed by atoms with Crippen molar-refractivity contribution in [2.24, 2.45) is 11.8 Å². The van der Waals surface area contributed by atoms with Crippen molar-refractivity contribution in [1.82, 2.24) is 14.7 Å². The Morgan fingerprint density at radius 1 is 1.26 bits per heavy atom. The van der Waals surface area contributed by atoms with Gasteiger partial charge in [0.25, 0.3) is 5.91 Å². The van der Waals surface area contributed by atoms with Crippen molar-refractivity contribution in [3.63, 3.8) is 0 Å². The Bertz CT molecular complexity index is 686. The van der Waals surface area contributed by atoms with Crippen molar-refractivity contribution in [1.29, 1.82) is 0 Å². The molecule has 0 aliphatic carbocycles. The summed E-state index contributed by atoms with van der Waals surface area (Å²) in [6, 6.07) is 1.89. The number of likely N-dealkylation sites (tertiary alicyclic amines) is 1. The number of hydrogen-bond acceptors (Lipinski definition) is 5. The molecule has 148 valence electrons. The molecule has 1 aromatic rings. The molecule has 3 rings (SSSR count). The van der Waals surface area contributed by atoms with Crippen LogP contribution in [0.3, 0.4) is 0 Å². The predicted molar refractivity (Wildman–Crippen MR) is 99.1 cm³/mol. The van der Waals surface area contributed by atoms with E-state index >= 15 is 0 Å². The normalized spacial score (nSPS) is 20.9. The van der Waals surface area contributed by atoms with Crippen LogP contribution in [0.5, 0.6) is 0 Å². The van der Waals surface area contributed by atoms with E-state index in [1.807, 2.05) is 18.5 Å². The van der Waals surface area contributed by atoms with E-state index in [4.69, 9.17) is 4.74 Å². The number of ketones is 1. The van der Waals surface area contributed by atoms with Gasteiger partial charge < -0.3 is 15.0 Å². The summed E-state index contributed by atoms with van der Waals surface area (Å²) in [6.45, 7) is 6.00. The zero-order valence-electron chi connectivity index (χ0n) is 16.0. The van der Waals surface area contributed by atoms with Gasteiger partial charge in [-0.15, -0.1) is 0 Å². The quantitative estimate of drug-likeness (QED) is 0.762. The van der Waals surface area contributed by atoms with E-state index in [1.165, 1.54) is 0 Å². The standard InChI is InChI=1S/C19H28N4O4/c1-13(2)11-16(24)19(26)22-8-4-15(5-9-22)23-17(3-7-20-23)21-18(25)14-6-10-27-12-14/h3,7,13-15H,4-6,8-12H2,1-2H3,(H,21,25). The van der Waals surface area contributed by atoms with Gasteiger partial charge in [-0.25, -0.2) is 4.68 Å². The highest BCUT2D eigenvalue weighted by molar-refractivity contribution is 6.36. The molecule has 1 aromatic heterocycles. The highest BCUT2D eigenvalue weighted by Crippen LogP contribution is 2.26. The first-order chi connectivity index (χ1) is 13.0. The lowest BCUT2D eigenvalue weighted by Crippen LogP contribution is -2.43. The third-order valence-electron chi connectivity index (χ3n) is 5.15. The maximum Gasteiger partial charge on any atom is 0.289 e. The lowest BCUT2D eigenvalue weighted by atomic mass is 10.0. The molecule has 1 unspecified atom stereocenters. The van der Waals surface area contributed by atoms with Gasteiger partial charge in [0.1, 0.15) is 5.82 Å². The minimum absolute atomic E-state index is 0.0406. The number of piperidine rings is 1. The SMILES string of the molecule is CC(C)CC(=O)C(=O)N1CCC(n2nccc2NC(=O)C2CCOC2)CC1. The van der Waals surface area contributed by atoms with E-state index in [9.17, 15) is 14.4 Å². The molecule has 2 aliphatic heterocycles. The smallest absolute Gasteiger partial charge is 0.289 e. The second-order valence-corrected chi connectivity index (χ2v) is 7.76. The van der Waals surface area contributed by atoms with Crippen LogP contribution in [0.2, 0.25) is 0 Å². The number of Topliss-reactive ketones (excluding diaryl/α,β-unsaturated/α-hetero) is 1. The van der Waals surface area contributed by atoms with Crippen LogP contribution in [0.15, 0.2) is 12.3 Å². The number of rotatable bonds is 6. The van der Waals surface area contributed by atoms with Crippen molar-refractivity contribution < 1.29 is 19.1 Å². The zero-order valence-corrected chi connectivity index (χ0v) is 16.0. The van der Waals surface area contributed by atoms with Crippen LogP contribution < -0.4 is 5.32 Å². The number of nitrogens with zero attached hydrogens (tertiary/aromatic N) is 3. The molecule has 2 amide bonds. The number of carbonyl (C=O) groups excluding carboxylic acids is 3. The molecule has 2 aliphatic rings. The van der Waals surface area contributed by atoms with Crippen molar-refractivity contribution in [2.75, 3.05) is 31.6 Å². The average molecular weight is 376 g/mol. The van der Waals surface area contributed by atoms with Crippen LogP contribution in [0.4, 0.5) is 5.82 Å². The van der Waals surface area contributed by atoms with Crippen LogP contribution >= 0.6 is 0 Å². The number of ether oxygens (including phenoxy) is 1. The summed E-state index contributed by atoms with van der Waals surface area (Å²) >= 11 is 0. The van der Waals surface area contributed by atoms with Gasteiger partial charge in [0.05, 0.1) is 24.8 Å². The number of anilines is 1. The number of carbonyl (C=O) groups is 3. The zero-order chi connectivity index (χ0) is 19.4. The fourth-order valence-electron chi connectivity index (χ4n) is 3.62. The second kappa shape index (κ2) is 8.65. The molecule has 27 heavy (non-hydrogen) atoms. The first-order valence-electron chi connectivity index (χ1n) is 9.70. The fraction of sp³-hybridized carbons (Fsp3) is 0.684. The van der Waals surface area contributed by atoms with Gasteiger partial charge in [-0.1, -0.05) is 13.8 Å². The molecular formula is C19H28N4O4. The van der Waals surface area contributed by atoms with Crippen LogP contribution in [0, 0.1) is 11.8 Å². The summed E-state index contributed by atoms with van der Waals surface area (Å²) < 4.78 is 7.10. The Kier molecular flexibility index (Phi) is 6.26. The van der Waals surface area contributed by atoms with Gasteiger partial charge in [0.15, 0.2) is 0 Å². The molecule has 0 spiro atoms. The highest BCUT2D eigenvalue weighted by atomic mass is 16.5. The van der Waals surface area contributed by atoms with Gasteiger partial charge in [-0.05, 0) is 25.2 Å². The van der Waals surface area contributed by atoms with Gasteiger partial charge in [-0.3, -0.25) is 14.4 Å². The average Bonchev–Trinajstić information content (AvgIpc) is 3.32. The van der Waals surface area contributed by atoms with Crippen molar-refractivity contribution in [3.8, 4) is 0 Å². The highest BCUT2D eigenvalue weighted by Gasteiger charge is 2.30. The molecule has 0 aromatic carbocycles. The topological polar surface area (TPSA) is 93.5 Å². The van der Waals surface area contributed by atoms with Gasteiger partial charge in [0.2, 0.25) is 11.7 Å². The van der Waals surface area contributed by atoms with Gasteiger partial charge in [-0.2, -0.15) is 5.10 Å². The maximum atomic E-state index is 12.3. The minimum atomic E-state index is -0.377. The predicted octanol–water partition coefficient (Wildman–Crippen LogP) is 1.64. The van der Waals surface area contributed by atoms with E-state index in [-0.39, 0.29) is 35.5 Å². The molecule has 0 saturated carbocycles. The van der Waals surface area contributed by atoms with Crippen LogP contribution in [0.25, 0.3) is 0 Å². The lowest BCUT2D eigenvalue weighted by Gasteiger charge is -2.32. The van der Waals surface area contributed by atoms with Crippen molar-refractivity contribution in [2.45, 2.75) is 45.6 Å². The third kappa shape index (κ3) is 4.74. The number of aromatic nitrogens is 2. The largest absolute Gasteiger partial charge is 0.381 e. The molecule has 8 heteroatoms. The van der Waals surface area contributed by atoms with Gasteiger partial charge in [0, 0.05) is 32.2 Å². The van der Waals surface area contributed by atoms with Crippen LogP contribution in [0.1, 0.15) is 45.6 Å². The van der Waals surface area contributed by atoms with E-state index in [2.05, 4.69) is 10.4 Å². The first-order valence-corrected chi connectivity index (χ1v) is 9.70. The number of nitrogens with one attached hydrogen (secondary N) is 1. The van der Waals surface area contributed by atoms with Crippen LogP contribution in [-0.4, -0.2) is 58.6 Å². The van der Waals surface area contributed by atoms with Crippen molar-refractivity contribution in [3.05, 3.63) is 12.3 Å². The molecule has 0 bridgehead atoms. The van der Waals surface area contributed by atoms with E-state index in [0.717, 1.165) is 6.42 Å². The Hall–Kier alpha value is -2.22. The second-order valence-electron chi connectivity index (χ2n) is 7.76. The molecule has 3 heterocycles. The lowest BCUT2D eigenvalue weighted by molar-refractivity contribution is -0.146. The number of amides is 2. The monoisotopic (exact) mass is 376 g/mol. The van der Waals surface area contributed by atoms with E-state index in [0.29, 0.717) is 51.4 Å². The molecule has 0 radical (unpaired) electrons. The Morgan fingerprint density at radius 2 is 2.00 bits per heavy atom. The van der Waals surface area contributed by atoms with Crippen molar-refractivity contribution >= 4 is 23.4 Å². The molecule has 2 saturated heterocycles. The summed E-state index contributed by atoms with van der Waals surface area (Å²) in [5, 5.41) is 7.31. The maximum absolute atomic E-state index is 12.3. The van der Waals surface area contributed by atoms with E-state index in [1.54, 1.807) is 17.2 Å². The minimum Gasteiger partial charge on any atom is -0.381 e. The summed E-state index contributed by atoms with van der Waals surface area (Å²) in [6.07, 6.45) is 4.11. The Morgan fingerprint density at radius 3 is 2.63 bits per heavy atom. The first kappa shape index (κ1) is 19.5. The molecular weight excluding hydrogens is 348 g/mol. The fourth-order valence-corrected chi connectivity index (χ4v) is 3.62. The molecule has 1 atom stereocenters.